The highest BCUT2D eigenvalue weighted by molar-refractivity contribution is 9.10. The summed E-state index contributed by atoms with van der Waals surface area (Å²) in [6.45, 7) is 0. The first kappa shape index (κ1) is 18.6. The summed E-state index contributed by atoms with van der Waals surface area (Å²) < 4.78 is 7.63. The summed E-state index contributed by atoms with van der Waals surface area (Å²) in [5.74, 6) is 0.525. The quantitative estimate of drug-likeness (QED) is 0.428. The Kier molecular flexibility index (Phi) is 4.85. The standard InChI is InChI=1S/C19H9BrCl2N4O2/c20-10-1-4-12(5-2-10)28-16-9-24-18-14(8-23)17(25-26(18)19(16)27)13-6-3-11(21)7-15(13)22/h1-7,9,24H. The van der Waals surface area contributed by atoms with E-state index in [0.717, 1.165) is 8.99 Å². The van der Waals surface area contributed by atoms with E-state index in [9.17, 15) is 10.1 Å². The Bertz CT molecular complexity index is 1310. The summed E-state index contributed by atoms with van der Waals surface area (Å²) in [5, 5.41) is 14.7. The topological polar surface area (TPSA) is 83.2 Å². The van der Waals surface area contributed by atoms with Crippen LogP contribution >= 0.6 is 39.1 Å². The predicted octanol–water partition coefficient (Wildman–Crippen LogP) is 5.42. The number of nitriles is 1. The molecule has 0 aliphatic rings. The first-order chi connectivity index (χ1) is 13.5. The molecule has 0 aliphatic carbocycles. The van der Waals surface area contributed by atoms with E-state index >= 15 is 0 Å². The van der Waals surface area contributed by atoms with Gasteiger partial charge in [0.2, 0.25) is 5.75 Å². The van der Waals surface area contributed by atoms with Crippen molar-refractivity contribution in [3.05, 3.63) is 79.1 Å². The van der Waals surface area contributed by atoms with Crippen molar-refractivity contribution in [3.63, 3.8) is 0 Å². The molecule has 0 aliphatic heterocycles. The Morgan fingerprint density at radius 3 is 2.61 bits per heavy atom. The van der Waals surface area contributed by atoms with Gasteiger partial charge in [-0.15, -0.1) is 0 Å². The third-order valence-corrected chi connectivity index (χ3v) is 5.04. The van der Waals surface area contributed by atoms with Crippen molar-refractivity contribution < 1.29 is 4.74 Å². The van der Waals surface area contributed by atoms with Crippen LogP contribution in [-0.4, -0.2) is 14.6 Å². The monoisotopic (exact) mass is 474 g/mol. The van der Waals surface area contributed by atoms with Gasteiger partial charge in [0.05, 0.1) is 11.2 Å². The minimum atomic E-state index is -0.510. The molecular weight excluding hydrogens is 467 g/mol. The van der Waals surface area contributed by atoms with Crippen LogP contribution in [0.5, 0.6) is 11.5 Å². The normalized spacial score (nSPS) is 10.8. The van der Waals surface area contributed by atoms with Gasteiger partial charge >= 0.3 is 5.56 Å². The van der Waals surface area contributed by atoms with Gasteiger partial charge in [-0.3, -0.25) is 4.79 Å². The summed E-state index contributed by atoms with van der Waals surface area (Å²) in [6.07, 6.45) is 1.40. The van der Waals surface area contributed by atoms with Crippen LogP contribution in [0.25, 0.3) is 16.9 Å². The number of fused-ring (bicyclic) bond motifs is 1. The van der Waals surface area contributed by atoms with Crippen molar-refractivity contribution in [2.24, 2.45) is 0 Å². The lowest BCUT2D eigenvalue weighted by molar-refractivity contribution is 0.469. The highest BCUT2D eigenvalue weighted by Crippen LogP contribution is 2.32. The average Bonchev–Trinajstić information content (AvgIpc) is 3.05. The van der Waals surface area contributed by atoms with E-state index in [0.29, 0.717) is 21.4 Å². The van der Waals surface area contributed by atoms with E-state index < -0.39 is 5.56 Å². The smallest absolute Gasteiger partial charge is 0.317 e. The molecule has 0 spiro atoms. The van der Waals surface area contributed by atoms with Crippen molar-refractivity contribution in [3.8, 4) is 28.8 Å². The summed E-state index contributed by atoms with van der Waals surface area (Å²) in [6, 6.07) is 13.9. The number of benzene rings is 2. The minimum Gasteiger partial charge on any atom is -0.450 e. The Morgan fingerprint density at radius 2 is 1.93 bits per heavy atom. The van der Waals surface area contributed by atoms with Crippen molar-refractivity contribution in [1.29, 1.82) is 5.26 Å². The zero-order valence-corrected chi connectivity index (χ0v) is 17.0. The molecular formula is C19H9BrCl2N4O2. The molecule has 2 heterocycles. The first-order valence-electron chi connectivity index (χ1n) is 7.91. The maximum Gasteiger partial charge on any atom is 0.317 e. The molecule has 2 aromatic carbocycles. The highest BCUT2D eigenvalue weighted by atomic mass is 79.9. The fourth-order valence-electron chi connectivity index (χ4n) is 2.68. The number of aromatic amines is 1. The van der Waals surface area contributed by atoms with Crippen molar-refractivity contribution in [1.82, 2.24) is 14.6 Å². The molecule has 1 N–H and O–H groups in total. The van der Waals surface area contributed by atoms with Crippen LogP contribution in [0, 0.1) is 11.3 Å². The number of halogens is 3. The van der Waals surface area contributed by atoms with Crippen LogP contribution in [0.2, 0.25) is 10.0 Å². The first-order valence-corrected chi connectivity index (χ1v) is 9.46. The van der Waals surface area contributed by atoms with E-state index in [1.807, 2.05) is 0 Å². The fourth-order valence-corrected chi connectivity index (χ4v) is 3.44. The van der Waals surface area contributed by atoms with Gasteiger partial charge in [-0.05, 0) is 42.5 Å². The van der Waals surface area contributed by atoms with Gasteiger partial charge in [-0.2, -0.15) is 14.9 Å². The van der Waals surface area contributed by atoms with Crippen molar-refractivity contribution in [2.45, 2.75) is 0 Å². The van der Waals surface area contributed by atoms with E-state index in [-0.39, 0.29) is 22.7 Å². The number of rotatable bonds is 3. The summed E-state index contributed by atoms with van der Waals surface area (Å²) in [5.41, 5.74) is 0.700. The summed E-state index contributed by atoms with van der Waals surface area (Å²) in [7, 11) is 0. The number of ether oxygens (including phenoxy) is 1. The summed E-state index contributed by atoms with van der Waals surface area (Å²) >= 11 is 15.5. The molecule has 0 fully saturated rings. The fraction of sp³-hybridized carbons (Fsp3) is 0. The lowest BCUT2D eigenvalue weighted by Crippen LogP contribution is -2.16. The zero-order chi connectivity index (χ0) is 19.8. The second kappa shape index (κ2) is 7.32. The third-order valence-electron chi connectivity index (χ3n) is 3.97. The molecule has 9 heteroatoms. The molecule has 2 aromatic heterocycles. The van der Waals surface area contributed by atoms with Crippen LogP contribution in [0.4, 0.5) is 0 Å². The molecule has 0 saturated heterocycles. The van der Waals surface area contributed by atoms with Crippen LogP contribution in [0.3, 0.4) is 0 Å². The predicted molar refractivity (Wildman–Crippen MR) is 110 cm³/mol. The minimum absolute atomic E-state index is 0.0376. The van der Waals surface area contributed by atoms with Crippen LogP contribution in [0.15, 0.2) is 57.9 Å². The maximum absolute atomic E-state index is 12.8. The molecule has 0 atom stereocenters. The van der Waals surface area contributed by atoms with Crippen LogP contribution < -0.4 is 10.3 Å². The van der Waals surface area contributed by atoms with Crippen LogP contribution in [-0.2, 0) is 0 Å². The molecule has 6 nitrogen and oxygen atoms in total. The Morgan fingerprint density at radius 1 is 1.18 bits per heavy atom. The number of hydrogen-bond acceptors (Lipinski definition) is 4. The lowest BCUT2D eigenvalue weighted by Gasteiger charge is -2.05. The van der Waals surface area contributed by atoms with E-state index in [1.54, 1.807) is 42.5 Å². The second-order valence-corrected chi connectivity index (χ2v) is 7.49. The van der Waals surface area contributed by atoms with E-state index in [2.05, 4.69) is 32.1 Å². The van der Waals surface area contributed by atoms with E-state index in [1.165, 1.54) is 6.20 Å². The number of nitrogens with zero attached hydrogens (tertiary/aromatic N) is 3. The molecule has 0 saturated carbocycles. The Balaban J connectivity index is 1.86. The van der Waals surface area contributed by atoms with Gasteiger partial charge < -0.3 is 9.72 Å². The number of nitrogens with one attached hydrogen (secondary N) is 1. The Labute approximate surface area is 177 Å². The molecule has 0 radical (unpaired) electrons. The molecule has 0 unspecified atom stereocenters. The van der Waals surface area contributed by atoms with Crippen molar-refractivity contribution >= 4 is 44.8 Å². The van der Waals surface area contributed by atoms with Gasteiger partial charge in [0.25, 0.3) is 0 Å². The number of aromatic nitrogens is 3. The van der Waals surface area contributed by atoms with Gasteiger partial charge in [0, 0.05) is 15.1 Å². The zero-order valence-electron chi connectivity index (χ0n) is 13.9. The second-order valence-electron chi connectivity index (χ2n) is 5.73. The van der Waals surface area contributed by atoms with E-state index in [4.69, 9.17) is 27.9 Å². The average molecular weight is 476 g/mol. The molecule has 0 bridgehead atoms. The van der Waals surface area contributed by atoms with Gasteiger partial charge in [0.15, 0.2) is 5.65 Å². The van der Waals surface area contributed by atoms with Gasteiger partial charge in [0.1, 0.15) is 23.1 Å². The molecule has 4 rings (SSSR count). The molecule has 0 amide bonds. The van der Waals surface area contributed by atoms with Crippen molar-refractivity contribution in [2.75, 3.05) is 0 Å². The van der Waals surface area contributed by atoms with Crippen LogP contribution in [0.1, 0.15) is 5.56 Å². The number of H-pyrrole nitrogens is 1. The van der Waals surface area contributed by atoms with Gasteiger partial charge in [-0.1, -0.05) is 39.1 Å². The lowest BCUT2D eigenvalue weighted by atomic mass is 10.1. The SMILES string of the molecule is N#Cc1c(-c2ccc(Cl)cc2Cl)nn2c(=O)c(Oc3ccc(Br)cc3)c[nH]c12. The third kappa shape index (κ3) is 3.27. The molecule has 4 aromatic rings. The van der Waals surface area contributed by atoms with Gasteiger partial charge in [-0.25, -0.2) is 0 Å². The summed E-state index contributed by atoms with van der Waals surface area (Å²) in [4.78, 5) is 15.7. The Hall–Kier alpha value is -2.79. The molecule has 28 heavy (non-hydrogen) atoms. The highest BCUT2D eigenvalue weighted by Gasteiger charge is 2.20. The number of hydrogen-bond donors (Lipinski definition) is 1. The largest absolute Gasteiger partial charge is 0.450 e. The molecule has 138 valence electrons. The maximum atomic E-state index is 12.8.